The van der Waals surface area contributed by atoms with Crippen molar-refractivity contribution in [3.63, 3.8) is 0 Å². The highest BCUT2D eigenvalue weighted by molar-refractivity contribution is 7.13. The normalized spacial score (nSPS) is 10.3. The zero-order chi connectivity index (χ0) is 10.8. The van der Waals surface area contributed by atoms with Crippen LogP contribution in [0.2, 0.25) is 0 Å². The lowest BCUT2D eigenvalue weighted by atomic mass is 10.1. The van der Waals surface area contributed by atoms with E-state index in [9.17, 15) is 0 Å². The molecular weight excluding hydrogens is 206 g/mol. The molecule has 0 fully saturated rings. The molecule has 0 radical (unpaired) electrons. The highest BCUT2D eigenvalue weighted by Gasteiger charge is 2.08. The van der Waals surface area contributed by atoms with Crippen LogP contribution >= 0.6 is 11.3 Å². The lowest BCUT2D eigenvalue weighted by Gasteiger charge is -2.06. The monoisotopic (exact) mass is 219 g/mol. The minimum absolute atomic E-state index is 0.893. The summed E-state index contributed by atoms with van der Waals surface area (Å²) < 4.78 is 5.36. The van der Waals surface area contributed by atoms with Crippen LogP contribution < -0.4 is 4.74 Å². The molecule has 2 nitrogen and oxygen atoms in total. The molecule has 15 heavy (non-hydrogen) atoms. The Morgan fingerprint density at radius 2 is 2.07 bits per heavy atom. The number of aromatic nitrogens is 1. The van der Waals surface area contributed by atoms with Gasteiger partial charge in [0.05, 0.1) is 12.7 Å². The van der Waals surface area contributed by atoms with Crippen molar-refractivity contribution in [3.8, 4) is 16.3 Å². The van der Waals surface area contributed by atoms with E-state index < -0.39 is 0 Å². The van der Waals surface area contributed by atoms with E-state index in [0.29, 0.717) is 0 Å². The van der Waals surface area contributed by atoms with E-state index in [2.05, 4.69) is 29.4 Å². The number of methoxy groups -OCH3 is 1. The molecule has 1 aromatic carbocycles. The smallest absolute Gasteiger partial charge is 0.129 e. The van der Waals surface area contributed by atoms with Crippen LogP contribution in [-0.4, -0.2) is 12.1 Å². The maximum Gasteiger partial charge on any atom is 0.129 e. The van der Waals surface area contributed by atoms with Crippen LogP contribution in [-0.2, 0) is 0 Å². The molecule has 0 aliphatic rings. The fraction of sp³-hybridized carbons (Fsp3) is 0.250. The first-order valence-electron chi connectivity index (χ1n) is 4.78. The van der Waals surface area contributed by atoms with Crippen molar-refractivity contribution in [2.45, 2.75) is 13.8 Å². The van der Waals surface area contributed by atoms with Gasteiger partial charge in [-0.1, -0.05) is 6.07 Å². The molecule has 1 aromatic heterocycles. The summed E-state index contributed by atoms with van der Waals surface area (Å²) in [7, 11) is 1.69. The van der Waals surface area contributed by atoms with Gasteiger partial charge in [0.2, 0.25) is 0 Å². The van der Waals surface area contributed by atoms with Gasteiger partial charge >= 0.3 is 0 Å². The summed E-state index contributed by atoms with van der Waals surface area (Å²) in [5.41, 5.74) is 3.32. The molecule has 0 amide bonds. The molecule has 3 heteroatoms. The molecule has 0 spiro atoms. The highest BCUT2D eigenvalue weighted by atomic mass is 32.1. The number of hydrogen-bond donors (Lipinski definition) is 0. The second-order valence-corrected chi connectivity index (χ2v) is 4.36. The maximum atomic E-state index is 5.36. The Morgan fingerprint density at radius 3 is 2.67 bits per heavy atom. The molecule has 0 bridgehead atoms. The molecule has 2 rings (SSSR count). The van der Waals surface area contributed by atoms with Gasteiger partial charge < -0.3 is 4.74 Å². The molecule has 2 aromatic rings. The van der Waals surface area contributed by atoms with Crippen molar-refractivity contribution >= 4 is 11.3 Å². The molecule has 78 valence electrons. The summed E-state index contributed by atoms with van der Waals surface area (Å²) >= 11 is 1.65. The predicted molar refractivity (Wildman–Crippen MR) is 63.6 cm³/mol. The number of ether oxygens (including phenoxy) is 1. The van der Waals surface area contributed by atoms with Crippen molar-refractivity contribution in [2.75, 3.05) is 7.11 Å². The topological polar surface area (TPSA) is 22.1 Å². The summed E-state index contributed by atoms with van der Waals surface area (Å²) in [6, 6.07) is 6.17. The van der Waals surface area contributed by atoms with E-state index in [1.54, 1.807) is 18.4 Å². The third-order valence-corrected chi connectivity index (χ3v) is 3.20. The number of rotatable bonds is 2. The molecule has 0 saturated heterocycles. The number of hydrogen-bond acceptors (Lipinski definition) is 3. The summed E-state index contributed by atoms with van der Waals surface area (Å²) in [6.07, 6.45) is 0. The Morgan fingerprint density at radius 1 is 1.27 bits per heavy atom. The van der Waals surface area contributed by atoms with Crippen molar-refractivity contribution in [2.24, 2.45) is 0 Å². The van der Waals surface area contributed by atoms with Crippen LogP contribution in [0.15, 0.2) is 23.6 Å². The van der Waals surface area contributed by atoms with Crippen LogP contribution in [0.5, 0.6) is 5.75 Å². The lowest BCUT2D eigenvalue weighted by Crippen LogP contribution is -1.88. The van der Waals surface area contributed by atoms with Gasteiger partial charge in [0.25, 0.3) is 0 Å². The van der Waals surface area contributed by atoms with Crippen LogP contribution in [0.25, 0.3) is 10.6 Å². The van der Waals surface area contributed by atoms with Gasteiger partial charge in [-0.3, -0.25) is 0 Å². The highest BCUT2D eigenvalue weighted by Crippen LogP contribution is 2.32. The minimum atomic E-state index is 0.893. The zero-order valence-electron chi connectivity index (χ0n) is 9.07. The average molecular weight is 219 g/mol. The number of aryl methyl sites for hydroxylation is 2. The predicted octanol–water partition coefficient (Wildman–Crippen LogP) is 3.44. The fourth-order valence-electron chi connectivity index (χ4n) is 1.45. The fourth-order valence-corrected chi connectivity index (χ4v) is 2.28. The first-order valence-corrected chi connectivity index (χ1v) is 5.66. The Kier molecular flexibility index (Phi) is 2.73. The van der Waals surface area contributed by atoms with Gasteiger partial charge in [0.1, 0.15) is 10.8 Å². The second-order valence-electron chi connectivity index (χ2n) is 3.50. The summed E-state index contributed by atoms with van der Waals surface area (Å²) in [4.78, 5) is 4.46. The van der Waals surface area contributed by atoms with Gasteiger partial charge in [0.15, 0.2) is 0 Å². The summed E-state index contributed by atoms with van der Waals surface area (Å²) in [5.74, 6) is 0.893. The van der Waals surface area contributed by atoms with Gasteiger partial charge in [-0.05, 0) is 31.5 Å². The zero-order valence-corrected chi connectivity index (χ0v) is 9.89. The summed E-state index contributed by atoms with van der Waals surface area (Å²) in [5, 5.41) is 3.07. The Bertz CT molecular complexity index is 476. The molecular formula is C12H13NOS. The Hall–Kier alpha value is -1.35. The van der Waals surface area contributed by atoms with Gasteiger partial charge in [-0.15, -0.1) is 11.3 Å². The average Bonchev–Trinajstić information content (AvgIpc) is 2.64. The molecule has 1 heterocycles. The third kappa shape index (κ3) is 2.02. The van der Waals surface area contributed by atoms with Crippen molar-refractivity contribution < 1.29 is 4.74 Å². The van der Waals surface area contributed by atoms with Crippen LogP contribution in [0.4, 0.5) is 0 Å². The van der Waals surface area contributed by atoms with Gasteiger partial charge in [-0.25, -0.2) is 4.98 Å². The van der Waals surface area contributed by atoms with Crippen molar-refractivity contribution in [1.29, 1.82) is 0 Å². The van der Waals surface area contributed by atoms with Gasteiger partial charge in [0, 0.05) is 11.1 Å². The summed E-state index contributed by atoms with van der Waals surface area (Å²) in [6.45, 7) is 4.06. The SMILES string of the molecule is COc1cc(C)ccc1-c1nc(C)cs1. The number of benzene rings is 1. The van der Waals surface area contributed by atoms with E-state index >= 15 is 0 Å². The molecule has 0 atom stereocenters. The maximum absolute atomic E-state index is 5.36. The largest absolute Gasteiger partial charge is 0.496 e. The number of nitrogens with zero attached hydrogens (tertiary/aromatic N) is 1. The van der Waals surface area contributed by atoms with E-state index in [4.69, 9.17) is 4.74 Å². The molecule has 0 unspecified atom stereocenters. The first-order chi connectivity index (χ1) is 7.20. The first kappa shape index (κ1) is 10.2. The van der Waals surface area contributed by atoms with Gasteiger partial charge in [-0.2, -0.15) is 0 Å². The van der Waals surface area contributed by atoms with E-state index in [0.717, 1.165) is 22.0 Å². The Labute approximate surface area is 93.6 Å². The molecule has 0 aliphatic heterocycles. The van der Waals surface area contributed by atoms with Crippen molar-refractivity contribution in [1.82, 2.24) is 4.98 Å². The molecule has 0 aliphatic carbocycles. The van der Waals surface area contributed by atoms with Crippen LogP contribution in [0.3, 0.4) is 0 Å². The van der Waals surface area contributed by atoms with E-state index in [1.807, 2.05) is 13.0 Å². The molecule has 0 N–H and O–H groups in total. The molecule has 0 saturated carbocycles. The Balaban J connectivity index is 2.52. The van der Waals surface area contributed by atoms with E-state index in [-0.39, 0.29) is 0 Å². The standard InChI is InChI=1S/C12H13NOS/c1-8-4-5-10(11(6-8)14-3)12-13-9(2)7-15-12/h4-7H,1-3H3. The minimum Gasteiger partial charge on any atom is -0.496 e. The number of thiazole rings is 1. The third-order valence-electron chi connectivity index (χ3n) is 2.21. The van der Waals surface area contributed by atoms with Crippen LogP contribution in [0, 0.1) is 13.8 Å². The van der Waals surface area contributed by atoms with Crippen molar-refractivity contribution in [3.05, 3.63) is 34.8 Å². The quantitative estimate of drug-likeness (QED) is 0.772. The second kappa shape index (κ2) is 4.03. The van der Waals surface area contributed by atoms with Crippen LogP contribution in [0.1, 0.15) is 11.3 Å². The van der Waals surface area contributed by atoms with E-state index in [1.165, 1.54) is 5.56 Å². The lowest BCUT2D eigenvalue weighted by molar-refractivity contribution is 0.416.